The van der Waals surface area contributed by atoms with Gasteiger partial charge in [-0.15, -0.1) is 0 Å². The van der Waals surface area contributed by atoms with Crippen molar-refractivity contribution in [3.63, 3.8) is 0 Å². The number of aromatic carboxylic acids is 1. The van der Waals surface area contributed by atoms with Crippen LogP contribution in [0.15, 0.2) is 6.07 Å². The number of carboxylic acids is 1. The Labute approximate surface area is 69.8 Å². The van der Waals surface area contributed by atoms with E-state index < -0.39 is 5.97 Å². The Hall–Kier alpha value is -1.36. The number of aromatic nitrogens is 2. The summed E-state index contributed by atoms with van der Waals surface area (Å²) >= 11 is 0. The van der Waals surface area contributed by atoms with Crippen molar-refractivity contribution in [1.82, 2.24) is 15.5 Å². The van der Waals surface area contributed by atoms with E-state index in [2.05, 4.69) is 15.5 Å². The first-order valence-corrected chi connectivity index (χ1v) is 3.66. The topological polar surface area (TPSA) is 78.0 Å². The predicted octanol–water partition coefficient (Wildman–Crippen LogP) is -0.130. The first kappa shape index (κ1) is 8.73. The zero-order valence-electron chi connectivity index (χ0n) is 6.79. The van der Waals surface area contributed by atoms with Crippen LogP contribution >= 0.6 is 0 Å². The average Bonchev–Trinajstić information content (AvgIpc) is 2.48. The molecular formula is C7H11N3O2. The number of hydrogen-bond donors (Lipinski definition) is 3. The lowest BCUT2D eigenvalue weighted by Crippen LogP contribution is -2.10. The summed E-state index contributed by atoms with van der Waals surface area (Å²) in [6, 6.07) is 1.54. The Morgan fingerprint density at radius 3 is 3.08 bits per heavy atom. The molecule has 0 unspecified atom stereocenters. The average molecular weight is 169 g/mol. The highest BCUT2D eigenvalue weighted by molar-refractivity contribution is 5.85. The SMILES string of the molecule is CNCCc1cc(C(=O)O)n[nH]1. The fourth-order valence-corrected chi connectivity index (χ4v) is 0.859. The van der Waals surface area contributed by atoms with Gasteiger partial charge in [0.2, 0.25) is 0 Å². The number of carboxylic acid groups (broad SMARTS) is 1. The highest BCUT2D eigenvalue weighted by Crippen LogP contribution is 1.99. The molecule has 0 saturated heterocycles. The molecule has 12 heavy (non-hydrogen) atoms. The lowest BCUT2D eigenvalue weighted by Gasteiger charge is -1.93. The number of aromatic amines is 1. The number of likely N-dealkylation sites (N-methyl/N-ethyl adjacent to an activating group) is 1. The minimum absolute atomic E-state index is 0.0705. The number of carbonyl (C=O) groups is 1. The van der Waals surface area contributed by atoms with Crippen LogP contribution in [-0.4, -0.2) is 34.9 Å². The van der Waals surface area contributed by atoms with Crippen molar-refractivity contribution < 1.29 is 9.90 Å². The maximum atomic E-state index is 10.4. The largest absolute Gasteiger partial charge is 0.476 e. The van der Waals surface area contributed by atoms with Crippen LogP contribution in [0.5, 0.6) is 0 Å². The summed E-state index contributed by atoms with van der Waals surface area (Å²) in [4.78, 5) is 10.4. The lowest BCUT2D eigenvalue weighted by molar-refractivity contribution is 0.0690. The van der Waals surface area contributed by atoms with Gasteiger partial charge in [0.05, 0.1) is 0 Å². The number of nitrogens with one attached hydrogen (secondary N) is 2. The van der Waals surface area contributed by atoms with Crippen molar-refractivity contribution in [2.45, 2.75) is 6.42 Å². The smallest absolute Gasteiger partial charge is 0.356 e. The van der Waals surface area contributed by atoms with Gasteiger partial charge < -0.3 is 10.4 Å². The Balaban J connectivity index is 2.58. The normalized spacial score (nSPS) is 10.1. The van der Waals surface area contributed by atoms with Gasteiger partial charge in [-0.3, -0.25) is 5.10 Å². The van der Waals surface area contributed by atoms with Crippen LogP contribution in [0.25, 0.3) is 0 Å². The quantitative estimate of drug-likeness (QED) is 0.586. The van der Waals surface area contributed by atoms with E-state index in [1.54, 1.807) is 6.07 Å². The molecule has 0 radical (unpaired) electrons. The van der Waals surface area contributed by atoms with Gasteiger partial charge in [-0.1, -0.05) is 0 Å². The zero-order chi connectivity index (χ0) is 8.97. The Kier molecular flexibility index (Phi) is 2.82. The van der Waals surface area contributed by atoms with E-state index in [-0.39, 0.29) is 5.69 Å². The molecule has 0 atom stereocenters. The first-order chi connectivity index (χ1) is 5.74. The van der Waals surface area contributed by atoms with Crippen LogP contribution in [0.4, 0.5) is 0 Å². The van der Waals surface area contributed by atoms with Crippen molar-refractivity contribution in [1.29, 1.82) is 0 Å². The Bertz CT molecular complexity index is 269. The van der Waals surface area contributed by atoms with Crippen molar-refractivity contribution >= 4 is 5.97 Å². The third-order valence-electron chi connectivity index (χ3n) is 1.49. The van der Waals surface area contributed by atoms with E-state index in [4.69, 9.17) is 5.11 Å². The van der Waals surface area contributed by atoms with E-state index in [1.165, 1.54) is 0 Å². The molecule has 1 aromatic heterocycles. The van der Waals surface area contributed by atoms with E-state index in [0.717, 1.165) is 18.7 Å². The summed E-state index contributed by atoms with van der Waals surface area (Å²) in [5.74, 6) is -0.998. The molecule has 1 heterocycles. The molecule has 5 heteroatoms. The molecule has 5 nitrogen and oxygen atoms in total. The molecule has 0 saturated carbocycles. The first-order valence-electron chi connectivity index (χ1n) is 3.66. The van der Waals surface area contributed by atoms with Gasteiger partial charge in [0.1, 0.15) is 0 Å². The summed E-state index contributed by atoms with van der Waals surface area (Å²) < 4.78 is 0. The lowest BCUT2D eigenvalue weighted by atomic mass is 10.3. The second kappa shape index (κ2) is 3.87. The van der Waals surface area contributed by atoms with Crippen LogP contribution in [0, 0.1) is 0 Å². The number of rotatable bonds is 4. The summed E-state index contributed by atoms with van der Waals surface area (Å²) in [7, 11) is 1.84. The highest BCUT2D eigenvalue weighted by atomic mass is 16.4. The molecule has 0 fully saturated rings. The molecule has 0 aromatic carbocycles. The Morgan fingerprint density at radius 2 is 2.58 bits per heavy atom. The monoisotopic (exact) mass is 169 g/mol. The van der Waals surface area contributed by atoms with Crippen molar-refractivity contribution in [2.24, 2.45) is 0 Å². The van der Waals surface area contributed by atoms with Crippen LogP contribution in [-0.2, 0) is 6.42 Å². The van der Waals surface area contributed by atoms with Crippen LogP contribution in [0.1, 0.15) is 16.2 Å². The van der Waals surface area contributed by atoms with Gasteiger partial charge in [-0.05, 0) is 13.1 Å². The van der Waals surface area contributed by atoms with Gasteiger partial charge >= 0.3 is 5.97 Å². The number of H-pyrrole nitrogens is 1. The summed E-state index contributed by atoms with van der Waals surface area (Å²) in [5, 5.41) is 17.8. The van der Waals surface area contributed by atoms with Gasteiger partial charge in [-0.2, -0.15) is 5.10 Å². The van der Waals surface area contributed by atoms with Gasteiger partial charge in [0, 0.05) is 18.7 Å². The molecule has 1 aromatic rings. The van der Waals surface area contributed by atoms with Crippen LogP contribution < -0.4 is 5.32 Å². The highest BCUT2D eigenvalue weighted by Gasteiger charge is 2.06. The van der Waals surface area contributed by atoms with Crippen molar-refractivity contribution in [3.8, 4) is 0 Å². The molecular weight excluding hydrogens is 158 g/mol. The van der Waals surface area contributed by atoms with Crippen LogP contribution in [0.3, 0.4) is 0 Å². The summed E-state index contributed by atoms with van der Waals surface area (Å²) in [6.45, 7) is 0.807. The van der Waals surface area contributed by atoms with Crippen molar-refractivity contribution in [3.05, 3.63) is 17.5 Å². The predicted molar refractivity (Wildman–Crippen MR) is 43.2 cm³/mol. The summed E-state index contributed by atoms with van der Waals surface area (Å²) in [6.07, 6.45) is 0.761. The maximum absolute atomic E-state index is 10.4. The van der Waals surface area contributed by atoms with Crippen molar-refractivity contribution in [2.75, 3.05) is 13.6 Å². The van der Waals surface area contributed by atoms with Gasteiger partial charge in [-0.25, -0.2) is 4.79 Å². The molecule has 66 valence electrons. The summed E-state index contributed by atoms with van der Waals surface area (Å²) in [5.41, 5.74) is 0.905. The molecule has 0 aliphatic rings. The standard InChI is InChI=1S/C7H11N3O2/c1-8-3-2-5-4-6(7(11)12)10-9-5/h4,8H,2-3H2,1H3,(H,9,10)(H,11,12). The van der Waals surface area contributed by atoms with Crippen LogP contribution in [0.2, 0.25) is 0 Å². The minimum atomic E-state index is -0.998. The minimum Gasteiger partial charge on any atom is -0.476 e. The molecule has 0 bridgehead atoms. The fourth-order valence-electron chi connectivity index (χ4n) is 0.859. The van der Waals surface area contributed by atoms with Gasteiger partial charge in [0.25, 0.3) is 0 Å². The van der Waals surface area contributed by atoms with Gasteiger partial charge in [0.15, 0.2) is 5.69 Å². The second-order valence-corrected chi connectivity index (χ2v) is 2.44. The fraction of sp³-hybridized carbons (Fsp3) is 0.429. The van der Waals surface area contributed by atoms with E-state index >= 15 is 0 Å². The molecule has 0 spiro atoms. The van der Waals surface area contributed by atoms with E-state index in [9.17, 15) is 4.79 Å². The Morgan fingerprint density at radius 1 is 1.83 bits per heavy atom. The molecule has 0 aliphatic heterocycles. The third-order valence-corrected chi connectivity index (χ3v) is 1.49. The molecule has 0 amide bonds. The zero-order valence-corrected chi connectivity index (χ0v) is 6.79. The number of nitrogens with zero attached hydrogens (tertiary/aromatic N) is 1. The second-order valence-electron chi connectivity index (χ2n) is 2.44. The molecule has 1 rings (SSSR count). The third kappa shape index (κ3) is 2.06. The molecule has 0 aliphatic carbocycles. The van der Waals surface area contributed by atoms with E-state index in [0.29, 0.717) is 0 Å². The molecule has 3 N–H and O–H groups in total. The number of hydrogen-bond acceptors (Lipinski definition) is 3. The van der Waals surface area contributed by atoms with E-state index in [1.807, 2.05) is 7.05 Å². The maximum Gasteiger partial charge on any atom is 0.356 e.